The summed E-state index contributed by atoms with van der Waals surface area (Å²) < 4.78 is 0. The fraction of sp³-hybridized carbons (Fsp3) is 0.222. The van der Waals surface area contributed by atoms with Gasteiger partial charge in [0.15, 0.2) is 0 Å². The summed E-state index contributed by atoms with van der Waals surface area (Å²) in [7, 11) is 0. The van der Waals surface area contributed by atoms with Crippen molar-refractivity contribution >= 4 is 46.4 Å². The summed E-state index contributed by atoms with van der Waals surface area (Å²) in [5, 5.41) is 6.56. The Balaban J connectivity index is 1.78. The van der Waals surface area contributed by atoms with Crippen molar-refractivity contribution in [2.75, 3.05) is 10.6 Å². The van der Waals surface area contributed by atoms with E-state index in [-0.39, 0.29) is 11.8 Å². The predicted molar refractivity (Wildman–Crippen MR) is 98.8 cm³/mol. The Morgan fingerprint density at radius 2 is 1.54 bits per heavy atom. The van der Waals surface area contributed by atoms with Crippen LogP contribution >= 0.6 is 23.2 Å². The molecular weight excluding hydrogens is 347 g/mol. The zero-order chi connectivity index (χ0) is 17.5. The van der Waals surface area contributed by atoms with E-state index in [1.165, 1.54) is 6.92 Å². The summed E-state index contributed by atoms with van der Waals surface area (Å²) in [6.45, 7) is 1.45. The minimum atomic E-state index is -0.130. The number of halogens is 2. The second-order valence-corrected chi connectivity index (χ2v) is 6.22. The lowest BCUT2D eigenvalue weighted by molar-refractivity contribution is -0.116. The molecule has 0 unspecified atom stereocenters. The van der Waals surface area contributed by atoms with Crippen molar-refractivity contribution in [2.24, 2.45) is 0 Å². The highest BCUT2D eigenvalue weighted by atomic mass is 35.5. The normalized spacial score (nSPS) is 10.3. The molecule has 0 saturated carbocycles. The highest BCUT2D eigenvalue weighted by Gasteiger charge is 2.05. The van der Waals surface area contributed by atoms with Gasteiger partial charge in [-0.3, -0.25) is 9.59 Å². The SMILES string of the molecule is CC(=O)Nc1ccc(NC(=O)CCCc2ccc(Cl)c(Cl)c2)cc1. The van der Waals surface area contributed by atoms with E-state index in [0.717, 1.165) is 12.0 Å². The molecule has 2 aromatic rings. The zero-order valence-electron chi connectivity index (χ0n) is 13.2. The Bertz CT molecular complexity index is 730. The molecule has 0 saturated heterocycles. The molecule has 6 heteroatoms. The van der Waals surface area contributed by atoms with Crippen molar-refractivity contribution in [2.45, 2.75) is 26.2 Å². The lowest BCUT2D eigenvalue weighted by Gasteiger charge is -2.07. The number of benzene rings is 2. The number of carbonyl (C=O) groups is 2. The molecule has 2 rings (SSSR count). The van der Waals surface area contributed by atoms with Crippen LogP contribution in [0.5, 0.6) is 0 Å². The largest absolute Gasteiger partial charge is 0.326 e. The molecule has 0 aliphatic carbocycles. The predicted octanol–water partition coefficient (Wildman–Crippen LogP) is 4.91. The average molecular weight is 365 g/mol. The van der Waals surface area contributed by atoms with Gasteiger partial charge in [-0.2, -0.15) is 0 Å². The molecule has 0 radical (unpaired) electrons. The number of carbonyl (C=O) groups excluding carboxylic acids is 2. The van der Waals surface area contributed by atoms with Gasteiger partial charge in [0, 0.05) is 24.7 Å². The second kappa shape index (κ2) is 8.71. The molecule has 0 bridgehead atoms. The first kappa shape index (κ1) is 18.3. The lowest BCUT2D eigenvalue weighted by atomic mass is 10.1. The molecule has 4 nitrogen and oxygen atoms in total. The van der Waals surface area contributed by atoms with Crippen LogP contribution in [0.1, 0.15) is 25.3 Å². The minimum Gasteiger partial charge on any atom is -0.326 e. The van der Waals surface area contributed by atoms with Gasteiger partial charge in [0.2, 0.25) is 11.8 Å². The fourth-order valence-electron chi connectivity index (χ4n) is 2.21. The topological polar surface area (TPSA) is 58.2 Å². The molecule has 0 spiro atoms. The lowest BCUT2D eigenvalue weighted by Crippen LogP contribution is -2.11. The van der Waals surface area contributed by atoms with E-state index >= 15 is 0 Å². The molecule has 0 aromatic heterocycles. The van der Waals surface area contributed by atoms with Crippen molar-refractivity contribution in [1.82, 2.24) is 0 Å². The quantitative estimate of drug-likeness (QED) is 0.764. The standard InChI is InChI=1S/C18H18Cl2N2O2/c1-12(23)21-14-6-8-15(9-7-14)22-18(24)4-2-3-13-5-10-16(19)17(20)11-13/h5-11H,2-4H2,1H3,(H,21,23)(H,22,24). The Hall–Kier alpha value is -2.04. The van der Waals surface area contributed by atoms with E-state index in [0.29, 0.717) is 34.3 Å². The second-order valence-electron chi connectivity index (χ2n) is 5.41. The van der Waals surface area contributed by atoms with Crippen molar-refractivity contribution in [1.29, 1.82) is 0 Å². The minimum absolute atomic E-state index is 0.0534. The van der Waals surface area contributed by atoms with Gasteiger partial charge in [0.25, 0.3) is 0 Å². The van der Waals surface area contributed by atoms with Gasteiger partial charge < -0.3 is 10.6 Å². The van der Waals surface area contributed by atoms with Crippen LogP contribution in [-0.4, -0.2) is 11.8 Å². The molecule has 2 amide bonds. The summed E-state index contributed by atoms with van der Waals surface area (Å²) >= 11 is 11.8. The first-order valence-corrected chi connectivity index (χ1v) is 8.31. The summed E-state index contributed by atoms with van der Waals surface area (Å²) in [6, 6.07) is 12.5. The summed E-state index contributed by atoms with van der Waals surface area (Å²) in [4.78, 5) is 22.9. The molecule has 126 valence electrons. The summed E-state index contributed by atoms with van der Waals surface area (Å²) in [6.07, 6.45) is 1.88. The van der Waals surface area contributed by atoms with Crippen molar-refractivity contribution in [3.05, 3.63) is 58.1 Å². The van der Waals surface area contributed by atoms with Crippen molar-refractivity contribution in [3.63, 3.8) is 0 Å². The van der Waals surface area contributed by atoms with Crippen LogP contribution in [0.25, 0.3) is 0 Å². The highest BCUT2D eigenvalue weighted by molar-refractivity contribution is 6.42. The molecule has 2 aromatic carbocycles. The number of hydrogen-bond donors (Lipinski definition) is 2. The first-order chi connectivity index (χ1) is 11.4. The molecule has 0 fully saturated rings. The van der Waals surface area contributed by atoms with Gasteiger partial charge in [-0.1, -0.05) is 29.3 Å². The van der Waals surface area contributed by atoms with Crippen LogP contribution in [0, 0.1) is 0 Å². The van der Waals surface area contributed by atoms with Crippen LogP contribution in [0.3, 0.4) is 0 Å². The summed E-state index contributed by atoms with van der Waals surface area (Å²) in [5.41, 5.74) is 2.45. The monoisotopic (exact) mass is 364 g/mol. The molecule has 0 aliphatic heterocycles. The number of rotatable bonds is 6. The Kier molecular flexibility index (Phi) is 6.64. The van der Waals surface area contributed by atoms with Gasteiger partial charge in [-0.05, 0) is 54.8 Å². The van der Waals surface area contributed by atoms with Gasteiger partial charge in [0.1, 0.15) is 0 Å². The molecular formula is C18H18Cl2N2O2. The van der Waals surface area contributed by atoms with Gasteiger partial charge in [0.05, 0.1) is 10.0 Å². The number of aryl methyl sites for hydroxylation is 1. The number of anilines is 2. The van der Waals surface area contributed by atoms with Gasteiger partial charge in [-0.25, -0.2) is 0 Å². The molecule has 24 heavy (non-hydrogen) atoms. The first-order valence-electron chi connectivity index (χ1n) is 7.55. The average Bonchev–Trinajstić information content (AvgIpc) is 2.52. The molecule has 0 aliphatic rings. The molecule has 0 heterocycles. The number of nitrogens with one attached hydrogen (secondary N) is 2. The van der Waals surface area contributed by atoms with Crippen LogP contribution < -0.4 is 10.6 Å². The Morgan fingerprint density at radius 3 is 2.12 bits per heavy atom. The van der Waals surface area contributed by atoms with Gasteiger partial charge in [-0.15, -0.1) is 0 Å². The maximum atomic E-state index is 12.0. The number of hydrogen-bond acceptors (Lipinski definition) is 2. The van der Waals surface area contributed by atoms with Crippen LogP contribution in [-0.2, 0) is 16.0 Å². The van der Waals surface area contributed by atoms with Crippen LogP contribution in [0.2, 0.25) is 10.0 Å². The Labute approximate surface area is 151 Å². The zero-order valence-corrected chi connectivity index (χ0v) is 14.7. The van der Waals surface area contributed by atoms with E-state index in [1.807, 2.05) is 12.1 Å². The van der Waals surface area contributed by atoms with Gasteiger partial charge >= 0.3 is 0 Å². The van der Waals surface area contributed by atoms with E-state index < -0.39 is 0 Å². The summed E-state index contributed by atoms with van der Waals surface area (Å²) in [5.74, 6) is -0.184. The molecule has 2 N–H and O–H groups in total. The van der Waals surface area contributed by atoms with E-state index in [9.17, 15) is 9.59 Å². The third kappa shape index (κ3) is 5.87. The van der Waals surface area contributed by atoms with E-state index in [1.54, 1.807) is 30.3 Å². The van der Waals surface area contributed by atoms with Crippen LogP contribution in [0.4, 0.5) is 11.4 Å². The Morgan fingerprint density at radius 1 is 0.917 bits per heavy atom. The maximum Gasteiger partial charge on any atom is 0.224 e. The number of amides is 2. The third-order valence-electron chi connectivity index (χ3n) is 3.34. The van der Waals surface area contributed by atoms with Crippen molar-refractivity contribution < 1.29 is 9.59 Å². The van der Waals surface area contributed by atoms with E-state index in [4.69, 9.17) is 23.2 Å². The van der Waals surface area contributed by atoms with Crippen LogP contribution in [0.15, 0.2) is 42.5 Å². The van der Waals surface area contributed by atoms with Crippen molar-refractivity contribution in [3.8, 4) is 0 Å². The smallest absolute Gasteiger partial charge is 0.224 e. The maximum absolute atomic E-state index is 12.0. The highest BCUT2D eigenvalue weighted by Crippen LogP contribution is 2.23. The fourth-order valence-corrected chi connectivity index (χ4v) is 2.53. The molecule has 0 atom stereocenters. The third-order valence-corrected chi connectivity index (χ3v) is 4.08. The van der Waals surface area contributed by atoms with E-state index in [2.05, 4.69) is 10.6 Å².